The van der Waals surface area contributed by atoms with Crippen LogP contribution in [0.5, 0.6) is 0 Å². The molecule has 0 radical (unpaired) electrons. The number of alkyl halides is 7. The molecule has 0 aliphatic carbocycles. The van der Waals surface area contributed by atoms with Gasteiger partial charge in [0, 0.05) is 0 Å². The molecule has 0 amide bonds. The summed E-state index contributed by atoms with van der Waals surface area (Å²) in [6.45, 7) is 1.70. The van der Waals surface area contributed by atoms with E-state index in [0.717, 1.165) is 6.42 Å². The quantitative estimate of drug-likeness (QED) is 0.345. The van der Waals surface area contributed by atoms with E-state index in [1.54, 1.807) is 0 Å². The summed E-state index contributed by atoms with van der Waals surface area (Å²) in [7, 11) is 0. The predicted octanol–water partition coefficient (Wildman–Crippen LogP) is 4.55. The first kappa shape index (κ1) is 21.9. The van der Waals surface area contributed by atoms with Crippen molar-refractivity contribution in [2.45, 2.75) is 57.7 Å². The zero-order valence-corrected chi connectivity index (χ0v) is 12.7. The average molecular weight is 356 g/mol. The monoisotopic (exact) mass is 356 g/mol. The van der Waals surface area contributed by atoms with Gasteiger partial charge in [-0.2, -0.15) is 30.7 Å². The number of hydrogen-bond acceptors (Lipinski definition) is 3. The van der Waals surface area contributed by atoms with Crippen molar-refractivity contribution in [2.24, 2.45) is 5.92 Å². The molecular weight excluding hydrogens is 337 g/mol. The van der Waals surface area contributed by atoms with E-state index in [1.807, 2.05) is 13.8 Å². The third kappa shape index (κ3) is 8.38. The Morgan fingerprint density at radius 1 is 0.957 bits per heavy atom. The summed E-state index contributed by atoms with van der Waals surface area (Å²) in [5.74, 6) is -6.96. The van der Waals surface area contributed by atoms with Gasteiger partial charge in [-0.05, 0) is 18.8 Å². The lowest BCUT2D eigenvalue weighted by Crippen LogP contribution is -2.51. The first-order valence-corrected chi connectivity index (χ1v) is 6.93. The Hall–Kier alpha value is -1.06. The van der Waals surface area contributed by atoms with Crippen LogP contribution < -0.4 is 0 Å². The van der Waals surface area contributed by atoms with Crippen LogP contribution in [0.2, 0.25) is 0 Å². The van der Waals surface area contributed by atoms with Crippen LogP contribution in [0.4, 0.5) is 30.7 Å². The zero-order chi connectivity index (χ0) is 18.3. The van der Waals surface area contributed by atoms with Crippen molar-refractivity contribution < 1.29 is 45.0 Å². The molecule has 0 aromatic rings. The SMILES string of the molecule is CC(C)CCCCOC(=O)C(F)(OCCC(F)(F)F)C(F)(F)F. The van der Waals surface area contributed by atoms with Crippen LogP contribution in [-0.4, -0.2) is 37.4 Å². The molecule has 10 heteroatoms. The maximum atomic E-state index is 13.7. The van der Waals surface area contributed by atoms with Crippen LogP contribution in [-0.2, 0) is 14.3 Å². The fourth-order valence-corrected chi connectivity index (χ4v) is 1.48. The molecule has 0 saturated carbocycles. The van der Waals surface area contributed by atoms with E-state index in [-0.39, 0.29) is 6.42 Å². The Morgan fingerprint density at radius 2 is 1.52 bits per heavy atom. The van der Waals surface area contributed by atoms with Gasteiger partial charge in [-0.1, -0.05) is 20.3 Å². The van der Waals surface area contributed by atoms with E-state index >= 15 is 0 Å². The maximum absolute atomic E-state index is 13.7. The number of carbonyl (C=O) groups excluding carboxylic acids is 1. The van der Waals surface area contributed by atoms with Crippen LogP contribution in [0.1, 0.15) is 39.5 Å². The lowest BCUT2D eigenvalue weighted by Gasteiger charge is -2.26. The lowest BCUT2D eigenvalue weighted by atomic mass is 10.1. The molecule has 0 saturated heterocycles. The van der Waals surface area contributed by atoms with Gasteiger partial charge in [0.1, 0.15) is 0 Å². The molecule has 0 rings (SSSR count). The number of halogens is 7. The predicted molar refractivity (Wildman–Crippen MR) is 66.2 cm³/mol. The molecule has 23 heavy (non-hydrogen) atoms. The summed E-state index contributed by atoms with van der Waals surface area (Å²) in [5, 5.41) is 0. The second kappa shape index (κ2) is 8.70. The molecule has 0 bridgehead atoms. The van der Waals surface area contributed by atoms with Crippen LogP contribution in [0, 0.1) is 5.92 Å². The van der Waals surface area contributed by atoms with E-state index in [1.165, 1.54) is 0 Å². The summed E-state index contributed by atoms with van der Waals surface area (Å²) in [4.78, 5) is 11.2. The summed E-state index contributed by atoms with van der Waals surface area (Å²) in [6.07, 6.45) is -11.0. The molecule has 3 nitrogen and oxygen atoms in total. The Morgan fingerprint density at radius 3 is 1.96 bits per heavy atom. The maximum Gasteiger partial charge on any atom is 0.460 e. The molecule has 0 aromatic carbocycles. The van der Waals surface area contributed by atoms with Crippen LogP contribution >= 0.6 is 0 Å². The summed E-state index contributed by atoms with van der Waals surface area (Å²) in [6, 6.07) is 0. The minimum absolute atomic E-state index is 0.209. The highest BCUT2D eigenvalue weighted by Crippen LogP contribution is 2.37. The fourth-order valence-electron chi connectivity index (χ4n) is 1.48. The van der Waals surface area contributed by atoms with Crippen molar-refractivity contribution in [3.8, 4) is 0 Å². The highest BCUT2D eigenvalue weighted by Gasteiger charge is 2.65. The molecule has 0 aliphatic rings. The second-order valence-corrected chi connectivity index (χ2v) is 5.33. The standard InChI is InChI=1S/C13H19F7O3/c1-9(2)5-3-4-7-22-10(21)12(17,13(18,19)20)23-8-6-11(14,15)16/h9H,3-8H2,1-2H3. The van der Waals surface area contributed by atoms with Crippen molar-refractivity contribution in [2.75, 3.05) is 13.2 Å². The largest absolute Gasteiger partial charge is 0.461 e. The van der Waals surface area contributed by atoms with Gasteiger partial charge in [-0.3, -0.25) is 0 Å². The number of hydrogen-bond donors (Lipinski definition) is 0. The third-order valence-corrected chi connectivity index (χ3v) is 2.72. The first-order chi connectivity index (χ1) is 10.3. The molecule has 138 valence electrons. The van der Waals surface area contributed by atoms with Gasteiger partial charge >= 0.3 is 24.2 Å². The van der Waals surface area contributed by atoms with Crippen molar-refractivity contribution in [1.82, 2.24) is 0 Å². The van der Waals surface area contributed by atoms with Gasteiger partial charge in [0.15, 0.2) is 0 Å². The topological polar surface area (TPSA) is 35.5 Å². The number of rotatable bonds is 9. The molecule has 0 N–H and O–H groups in total. The summed E-state index contributed by atoms with van der Waals surface area (Å²) >= 11 is 0. The van der Waals surface area contributed by atoms with E-state index in [4.69, 9.17) is 0 Å². The van der Waals surface area contributed by atoms with Crippen molar-refractivity contribution in [3.05, 3.63) is 0 Å². The average Bonchev–Trinajstić information content (AvgIpc) is 2.34. The minimum atomic E-state index is -5.84. The number of unbranched alkanes of at least 4 members (excludes halogenated alkanes) is 1. The molecule has 0 aromatic heterocycles. The minimum Gasteiger partial charge on any atom is -0.461 e. The van der Waals surface area contributed by atoms with Gasteiger partial charge in [-0.15, -0.1) is 0 Å². The van der Waals surface area contributed by atoms with Gasteiger partial charge in [-0.25, -0.2) is 4.79 Å². The fraction of sp³-hybridized carbons (Fsp3) is 0.923. The van der Waals surface area contributed by atoms with Gasteiger partial charge in [0.05, 0.1) is 19.6 Å². The van der Waals surface area contributed by atoms with Gasteiger partial charge in [0.2, 0.25) is 0 Å². The van der Waals surface area contributed by atoms with E-state index in [9.17, 15) is 35.5 Å². The Bertz CT molecular complexity index is 366. The smallest absolute Gasteiger partial charge is 0.460 e. The van der Waals surface area contributed by atoms with Gasteiger partial charge < -0.3 is 9.47 Å². The second-order valence-electron chi connectivity index (χ2n) is 5.33. The molecule has 1 unspecified atom stereocenters. The van der Waals surface area contributed by atoms with Crippen molar-refractivity contribution in [3.63, 3.8) is 0 Å². The number of carbonyl (C=O) groups is 1. The van der Waals surface area contributed by atoms with E-state index in [0.29, 0.717) is 12.3 Å². The number of ether oxygens (including phenoxy) is 2. The molecule has 1 atom stereocenters. The normalized spacial score (nSPS) is 15.6. The Balaban J connectivity index is 4.55. The van der Waals surface area contributed by atoms with Crippen LogP contribution in [0.15, 0.2) is 0 Å². The Labute approximate surface area is 129 Å². The number of esters is 1. The van der Waals surface area contributed by atoms with Crippen LogP contribution in [0.3, 0.4) is 0 Å². The highest BCUT2D eigenvalue weighted by atomic mass is 19.4. The third-order valence-electron chi connectivity index (χ3n) is 2.72. The highest BCUT2D eigenvalue weighted by molar-refractivity contribution is 5.78. The lowest BCUT2D eigenvalue weighted by molar-refractivity contribution is -0.327. The summed E-state index contributed by atoms with van der Waals surface area (Å²) in [5.41, 5.74) is 0. The first-order valence-electron chi connectivity index (χ1n) is 6.93. The molecule has 0 aliphatic heterocycles. The van der Waals surface area contributed by atoms with Crippen molar-refractivity contribution in [1.29, 1.82) is 0 Å². The molecule has 0 fully saturated rings. The van der Waals surface area contributed by atoms with E-state index in [2.05, 4.69) is 9.47 Å². The molecular formula is C13H19F7O3. The molecule has 0 spiro atoms. The summed E-state index contributed by atoms with van der Waals surface area (Å²) < 4.78 is 94.8. The Kier molecular flexibility index (Phi) is 8.30. The zero-order valence-electron chi connectivity index (χ0n) is 12.7. The van der Waals surface area contributed by atoms with Crippen molar-refractivity contribution >= 4 is 5.97 Å². The van der Waals surface area contributed by atoms with E-state index < -0.39 is 43.8 Å². The van der Waals surface area contributed by atoms with Crippen LogP contribution in [0.25, 0.3) is 0 Å². The molecule has 0 heterocycles. The van der Waals surface area contributed by atoms with Gasteiger partial charge in [0.25, 0.3) is 0 Å².